The van der Waals surface area contributed by atoms with E-state index in [4.69, 9.17) is 9.84 Å². The van der Waals surface area contributed by atoms with Gasteiger partial charge in [-0.25, -0.2) is 4.39 Å². The van der Waals surface area contributed by atoms with E-state index in [0.29, 0.717) is 0 Å². The van der Waals surface area contributed by atoms with E-state index in [1.54, 1.807) is 0 Å². The first-order valence-electron chi connectivity index (χ1n) is 4.90. The topological polar surface area (TPSA) is 66.8 Å². The molecule has 0 saturated carbocycles. The van der Waals surface area contributed by atoms with Crippen LogP contribution in [0.1, 0.15) is 16.8 Å². The number of benzene rings is 1. The minimum atomic E-state index is -1.11. The average Bonchev–Trinajstić information content (AvgIpc) is 2.28. The Kier molecular flexibility index (Phi) is 2.89. The highest BCUT2D eigenvalue weighted by Gasteiger charge is 2.31. The van der Waals surface area contributed by atoms with Gasteiger partial charge in [-0.05, 0) is 18.2 Å². The third-order valence-electron chi connectivity index (χ3n) is 2.52. The molecule has 1 heterocycles. The van der Waals surface area contributed by atoms with Crippen LogP contribution in [-0.2, 0) is 0 Å². The Bertz CT molecular complexity index is 418. The van der Waals surface area contributed by atoms with Gasteiger partial charge in [0.1, 0.15) is 23.8 Å². The van der Waals surface area contributed by atoms with Crippen LogP contribution >= 0.6 is 0 Å². The average molecular weight is 226 g/mol. The van der Waals surface area contributed by atoms with E-state index in [2.05, 4.69) is 0 Å². The van der Waals surface area contributed by atoms with Crippen molar-refractivity contribution in [2.45, 2.75) is 18.6 Å². The van der Waals surface area contributed by atoms with Crippen molar-refractivity contribution in [3.8, 4) is 5.75 Å². The molecule has 5 heteroatoms. The predicted molar refractivity (Wildman–Crippen MR) is 52.9 cm³/mol. The van der Waals surface area contributed by atoms with Crippen molar-refractivity contribution in [2.24, 2.45) is 0 Å². The number of ether oxygens (including phenoxy) is 1. The fraction of sp³-hybridized carbons (Fsp3) is 0.364. The van der Waals surface area contributed by atoms with Gasteiger partial charge in [-0.15, -0.1) is 0 Å². The molecule has 2 N–H and O–H groups in total. The summed E-state index contributed by atoms with van der Waals surface area (Å²) in [7, 11) is 0. The summed E-state index contributed by atoms with van der Waals surface area (Å²) < 4.78 is 18.2. The Hall–Kier alpha value is -1.46. The first kappa shape index (κ1) is 11.0. The SMILES string of the molecule is O=C1C[C@@H](C(O)CO)Oc2ccc(F)cc21. The number of rotatable bonds is 2. The lowest BCUT2D eigenvalue weighted by Gasteiger charge is -2.27. The zero-order valence-corrected chi connectivity index (χ0v) is 8.39. The number of carbonyl (C=O) groups is 1. The fourth-order valence-electron chi connectivity index (χ4n) is 1.65. The zero-order chi connectivity index (χ0) is 11.7. The second-order valence-electron chi connectivity index (χ2n) is 3.67. The molecule has 1 aliphatic rings. The number of ketones is 1. The van der Waals surface area contributed by atoms with E-state index < -0.39 is 24.6 Å². The molecule has 1 aromatic carbocycles. The molecular formula is C11H11FO4. The Labute approximate surface area is 91.3 Å². The van der Waals surface area contributed by atoms with Crippen LogP contribution in [-0.4, -0.2) is 34.8 Å². The molecule has 0 saturated heterocycles. The lowest BCUT2D eigenvalue weighted by molar-refractivity contribution is -0.00671. The molecule has 0 aliphatic carbocycles. The summed E-state index contributed by atoms with van der Waals surface area (Å²) in [5, 5.41) is 18.1. The number of hydrogen-bond donors (Lipinski definition) is 2. The summed E-state index contributed by atoms with van der Waals surface area (Å²) in [5.41, 5.74) is 0.182. The molecule has 1 aromatic rings. The summed E-state index contributed by atoms with van der Waals surface area (Å²) in [6.07, 6.45) is -1.93. The number of hydrogen-bond acceptors (Lipinski definition) is 4. The van der Waals surface area contributed by atoms with Gasteiger partial charge in [0, 0.05) is 0 Å². The first-order valence-corrected chi connectivity index (χ1v) is 4.90. The lowest BCUT2D eigenvalue weighted by Crippen LogP contribution is -2.39. The van der Waals surface area contributed by atoms with E-state index in [0.717, 1.165) is 6.07 Å². The number of aliphatic hydroxyl groups excluding tert-OH is 2. The van der Waals surface area contributed by atoms with Gasteiger partial charge in [-0.1, -0.05) is 0 Å². The number of aliphatic hydroxyl groups is 2. The van der Waals surface area contributed by atoms with Gasteiger partial charge in [0.05, 0.1) is 18.6 Å². The van der Waals surface area contributed by atoms with E-state index in [1.807, 2.05) is 0 Å². The van der Waals surface area contributed by atoms with Crippen molar-refractivity contribution >= 4 is 5.78 Å². The monoisotopic (exact) mass is 226 g/mol. The first-order chi connectivity index (χ1) is 7.61. The Morgan fingerprint density at radius 1 is 1.56 bits per heavy atom. The number of fused-ring (bicyclic) bond motifs is 1. The van der Waals surface area contributed by atoms with Crippen LogP contribution in [0.5, 0.6) is 5.75 Å². The molecule has 1 unspecified atom stereocenters. The Morgan fingerprint density at radius 2 is 2.31 bits per heavy atom. The van der Waals surface area contributed by atoms with Crippen LogP contribution in [0.25, 0.3) is 0 Å². The molecule has 16 heavy (non-hydrogen) atoms. The quantitative estimate of drug-likeness (QED) is 0.771. The largest absolute Gasteiger partial charge is 0.486 e. The molecule has 0 amide bonds. The van der Waals surface area contributed by atoms with Crippen molar-refractivity contribution in [1.29, 1.82) is 0 Å². The van der Waals surface area contributed by atoms with Crippen molar-refractivity contribution in [2.75, 3.05) is 6.61 Å². The van der Waals surface area contributed by atoms with Crippen molar-refractivity contribution in [3.05, 3.63) is 29.6 Å². The Morgan fingerprint density at radius 3 is 3.00 bits per heavy atom. The molecule has 0 fully saturated rings. The molecule has 86 valence electrons. The van der Waals surface area contributed by atoms with Crippen molar-refractivity contribution < 1.29 is 24.1 Å². The molecule has 4 nitrogen and oxygen atoms in total. The van der Waals surface area contributed by atoms with Crippen LogP contribution in [0, 0.1) is 5.82 Å². The minimum Gasteiger partial charge on any atom is -0.486 e. The van der Waals surface area contributed by atoms with Gasteiger partial charge in [-0.2, -0.15) is 0 Å². The van der Waals surface area contributed by atoms with Crippen molar-refractivity contribution in [1.82, 2.24) is 0 Å². The normalized spacial score (nSPS) is 21.2. The number of Topliss-reactive ketones (excluding diaryl/α,β-unsaturated/α-hetero) is 1. The van der Waals surface area contributed by atoms with Gasteiger partial charge >= 0.3 is 0 Å². The van der Waals surface area contributed by atoms with Gasteiger partial charge in [0.2, 0.25) is 0 Å². The minimum absolute atomic E-state index is 0.0574. The van der Waals surface area contributed by atoms with E-state index in [-0.39, 0.29) is 23.5 Å². The third-order valence-corrected chi connectivity index (χ3v) is 2.52. The number of carbonyl (C=O) groups excluding carboxylic acids is 1. The maximum Gasteiger partial charge on any atom is 0.170 e. The molecular weight excluding hydrogens is 215 g/mol. The lowest BCUT2D eigenvalue weighted by atomic mass is 9.98. The maximum absolute atomic E-state index is 12.9. The van der Waals surface area contributed by atoms with Crippen molar-refractivity contribution in [3.63, 3.8) is 0 Å². The highest BCUT2D eigenvalue weighted by molar-refractivity contribution is 5.99. The van der Waals surface area contributed by atoms with E-state index in [1.165, 1.54) is 12.1 Å². The summed E-state index contributed by atoms with van der Waals surface area (Å²) in [6.45, 7) is -0.478. The summed E-state index contributed by atoms with van der Waals surface area (Å²) in [6, 6.07) is 3.64. The van der Waals surface area contributed by atoms with Crippen LogP contribution in [0.3, 0.4) is 0 Å². The molecule has 0 radical (unpaired) electrons. The molecule has 0 aromatic heterocycles. The third kappa shape index (κ3) is 1.91. The van der Waals surface area contributed by atoms with Crippen LogP contribution < -0.4 is 4.74 Å². The summed E-state index contributed by atoms with van der Waals surface area (Å²) in [4.78, 5) is 11.6. The zero-order valence-electron chi connectivity index (χ0n) is 8.39. The fourth-order valence-corrected chi connectivity index (χ4v) is 1.65. The van der Waals surface area contributed by atoms with E-state index in [9.17, 15) is 14.3 Å². The second-order valence-corrected chi connectivity index (χ2v) is 3.67. The van der Waals surface area contributed by atoms with Gasteiger partial charge in [0.15, 0.2) is 5.78 Å². The highest BCUT2D eigenvalue weighted by Crippen LogP contribution is 2.29. The summed E-state index contributed by atoms with van der Waals surface area (Å²) in [5.74, 6) is -0.551. The smallest absolute Gasteiger partial charge is 0.170 e. The van der Waals surface area contributed by atoms with Crippen LogP contribution in [0.15, 0.2) is 18.2 Å². The number of halogens is 1. The summed E-state index contributed by atoms with van der Waals surface area (Å²) >= 11 is 0. The second kappa shape index (κ2) is 4.19. The molecule has 2 rings (SSSR count). The molecule has 0 bridgehead atoms. The molecule has 2 atom stereocenters. The molecule has 0 spiro atoms. The van der Waals surface area contributed by atoms with E-state index >= 15 is 0 Å². The highest BCUT2D eigenvalue weighted by atomic mass is 19.1. The molecule has 1 aliphatic heterocycles. The van der Waals surface area contributed by atoms with Crippen LogP contribution in [0.4, 0.5) is 4.39 Å². The maximum atomic E-state index is 12.9. The standard InChI is InChI=1S/C11H11FO4/c12-6-1-2-10-7(3-6)8(14)4-11(16-10)9(15)5-13/h1-3,9,11,13,15H,4-5H2/t9?,11-/m0/s1. The Balaban J connectivity index is 2.30. The van der Waals surface area contributed by atoms with Gasteiger partial charge < -0.3 is 14.9 Å². The van der Waals surface area contributed by atoms with Gasteiger partial charge in [-0.3, -0.25) is 4.79 Å². The predicted octanol–water partition coefficient (Wildman–Crippen LogP) is 0.513. The van der Waals surface area contributed by atoms with Crippen LogP contribution in [0.2, 0.25) is 0 Å². The van der Waals surface area contributed by atoms with Gasteiger partial charge in [0.25, 0.3) is 0 Å².